The van der Waals surface area contributed by atoms with Crippen LogP contribution in [0, 0.1) is 13.8 Å². The number of anilines is 1. The van der Waals surface area contributed by atoms with Crippen molar-refractivity contribution in [2.24, 2.45) is 0 Å². The van der Waals surface area contributed by atoms with E-state index >= 15 is 0 Å². The van der Waals surface area contributed by atoms with Gasteiger partial charge in [0, 0.05) is 11.6 Å². The Bertz CT molecular complexity index is 1150. The number of nitrogens with one attached hydrogen (secondary N) is 1. The van der Waals surface area contributed by atoms with Crippen molar-refractivity contribution in [2.75, 3.05) is 17.4 Å². The fourth-order valence-electron chi connectivity index (χ4n) is 3.18. The Hall–Kier alpha value is -2.83. The summed E-state index contributed by atoms with van der Waals surface area (Å²) in [5.74, 6) is -0.383. The molecule has 0 aromatic heterocycles. The van der Waals surface area contributed by atoms with Gasteiger partial charge in [0.25, 0.3) is 10.0 Å². The summed E-state index contributed by atoms with van der Waals surface area (Å²) < 4.78 is 28.0. The Morgan fingerprint density at radius 2 is 1.61 bits per heavy atom. The van der Waals surface area contributed by atoms with Crippen molar-refractivity contribution in [1.82, 2.24) is 5.32 Å². The Morgan fingerprint density at radius 1 is 0.935 bits per heavy atom. The maximum absolute atomic E-state index is 13.4. The largest absolute Gasteiger partial charge is 0.354 e. The molecule has 1 amide bonds. The third-order valence-electron chi connectivity index (χ3n) is 4.98. The molecule has 0 aliphatic heterocycles. The van der Waals surface area contributed by atoms with Gasteiger partial charge in [0.2, 0.25) is 5.91 Å². The van der Waals surface area contributed by atoms with E-state index < -0.39 is 10.0 Å². The molecule has 1 N–H and O–H groups in total. The molecular weight excluding hydrogens is 432 g/mol. The van der Waals surface area contributed by atoms with Gasteiger partial charge in [0.15, 0.2) is 0 Å². The minimum atomic E-state index is -3.97. The summed E-state index contributed by atoms with van der Waals surface area (Å²) in [6.07, 6.45) is 0.660. The predicted molar refractivity (Wildman–Crippen MR) is 125 cm³/mol. The van der Waals surface area contributed by atoms with Crippen molar-refractivity contribution in [3.8, 4) is 0 Å². The summed E-state index contributed by atoms with van der Waals surface area (Å²) in [5, 5.41) is 3.26. The number of carbonyl (C=O) groups excluding carboxylic acids is 1. The van der Waals surface area contributed by atoms with E-state index in [1.165, 1.54) is 0 Å². The van der Waals surface area contributed by atoms with Crippen molar-refractivity contribution in [3.63, 3.8) is 0 Å². The van der Waals surface area contributed by atoms with Gasteiger partial charge in [-0.05, 0) is 55.7 Å². The van der Waals surface area contributed by atoms with E-state index in [-0.39, 0.29) is 17.3 Å². The fourth-order valence-corrected chi connectivity index (χ4v) is 4.83. The minimum Gasteiger partial charge on any atom is -0.354 e. The van der Waals surface area contributed by atoms with Crippen LogP contribution in [-0.4, -0.2) is 27.4 Å². The number of aryl methyl sites for hydroxylation is 1. The lowest BCUT2D eigenvalue weighted by atomic mass is 10.1. The van der Waals surface area contributed by atoms with Crippen LogP contribution in [0.2, 0.25) is 5.02 Å². The van der Waals surface area contributed by atoms with Crippen molar-refractivity contribution >= 4 is 33.2 Å². The quantitative estimate of drug-likeness (QED) is 0.542. The Labute approximate surface area is 188 Å². The number of sulfonamides is 1. The Balaban J connectivity index is 1.84. The summed E-state index contributed by atoms with van der Waals surface area (Å²) in [5.41, 5.74) is 3.02. The molecule has 162 valence electrons. The van der Waals surface area contributed by atoms with Crippen LogP contribution in [0.1, 0.15) is 16.7 Å². The maximum atomic E-state index is 13.4. The number of amides is 1. The van der Waals surface area contributed by atoms with Gasteiger partial charge in [-0.2, -0.15) is 0 Å². The minimum absolute atomic E-state index is 0.120. The Kier molecular flexibility index (Phi) is 7.36. The van der Waals surface area contributed by atoms with Gasteiger partial charge in [-0.15, -0.1) is 0 Å². The molecule has 5 nitrogen and oxygen atoms in total. The summed E-state index contributed by atoms with van der Waals surface area (Å²) >= 11 is 6.24. The lowest BCUT2D eigenvalue weighted by molar-refractivity contribution is -0.119. The molecule has 0 unspecified atom stereocenters. The molecule has 0 saturated heterocycles. The van der Waals surface area contributed by atoms with Gasteiger partial charge in [0.1, 0.15) is 6.54 Å². The van der Waals surface area contributed by atoms with Crippen LogP contribution < -0.4 is 9.62 Å². The topological polar surface area (TPSA) is 66.5 Å². The van der Waals surface area contributed by atoms with Gasteiger partial charge >= 0.3 is 0 Å². The molecule has 0 radical (unpaired) electrons. The maximum Gasteiger partial charge on any atom is 0.264 e. The summed E-state index contributed by atoms with van der Waals surface area (Å²) in [6.45, 7) is 3.69. The molecular formula is C24H25ClN2O3S. The molecule has 0 saturated carbocycles. The van der Waals surface area contributed by atoms with Crippen LogP contribution in [0.4, 0.5) is 5.69 Å². The SMILES string of the molecule is Cc1ccc(S(=O)(=O)N(CC(=O)NCCc2ccccc2)c2cccc(Cl)c2C)cc1. The van der Waals surface area contributed by atoms with Crippen molar-refractivity contribution in [1.29, 1.82) is 0 Å². The van der Waals surface area contributed by atoms with E-state index in [0.29, 0.717) is 29.2 Å². The smallest absolute Gasteiger partial charge is 0.264 e. The zero-order valence-electron chi connectivity index (χ0n) is 17.5. The molecule has 3 aromatic carbocycles. The number of halogens is 1. The van der Waals surface area contributed by atoms with Crippen molar-refractivity contribution < 1.29 is 13.2 Å². The van der Waals surface area contributed by atoms with E-state index in [4.69, 9.17) is 11.6 Å². The first-order valence-corrected chi connectivity index (χ1v) is 11.8. The number of nitrogens with zero attached hydrogens (tertiary/aromatic N) is 1. The second-order valence-electron chi connectivity index (χ2n) is 7.29. The molecule has 31 heavy (non-hydrogen) atoms. The van der Waals surface area contributed by atoms with E-state index in [2.05, 4.69) is 5.32 Å². The third kappa shape index (κ3) is 5.66. The molecule has 0 spiro atoms. The summed E-state index contributed by atoms with van der Waals surface area (Å²) in [6, 6.07) is 21.4. The molecule has 0 fully saturated rings. The molecule has 0 heterocycles. The number of rotatable bonds is 8. The van der Waals surface area contributed by atoms with E-state index in [1.54, 1.807) is 49.4 Å². The van der Waals surface area contributed by atoms with E-state index in [0.717, 1.165) is 15.4 Å². The van der Waals surface area contributed by atoms with Gasteiger partial charge in [-0.1, -0.05) is 65.7 Å². The van der Waals surface area contributed by atoms with Crippen LogP contribution in [0.25, 0.3) is 0 Å². The molecule has 3 rings (SSSR count). The molecule has 0 aliphatic carbocycles. The highest BCUT2D eigenvalue weighted by Gasteiger charge is 2.28. The highest BCUT2D eigenvalue weighted by Crippen LogP contribution is 2.30. The zero-order chi connectivity index (χ0) is 22.4. The van der Waals surface area contributed by atoms with Crippen LogP contribution >= 0.6 is 11.6 Å². The normalized spacial score (nSPS) is 11.2. The number of hydrogen-bond donors (Lipinski definition) is 1. The van der Waals surface area contributed by atoms with Crippen molar-refractivity contribution in [2.45, 2.75) is 25.2 Å². The molecule has 0 bridgehead atoms. The average molecular weight is 457 g/mol. The fraction of sp³-hybridized carbons (Fsp3) is 0.208. The third-order valence-corrected chi connectivity index (χ3v) is 7.17. The second kappa shape index (κ2) is 9.98. The molecule has 0 atom stereocenters. The van der Waals surface area contributed by atoms with E-state index in [1.807, 2.05) is 37.3 Å². The predicted octanol–water partition coefficient (Wildman–Crippen LogP) is 4.51. The average Bonchev–Trinajstić information content (AvgIpc) is 2.75. The Morgan fingerprint density at radius 3 is 2.29 bits per heavy atom. The standard InChI is InChI=1S/C24H25ClN2O3S/c1-18-11-13-21(14-12-18)31(29,30)27(23-10-6-9-22(25)19(23)2)17-24(28)26-16-15-20-7-4-3-5-8-20/h3-14H,15-17H2,1-2H3,(H,26,28). The highest BCUT2D eigenvalue weighted by atomic mass is 35.5. The number of benzene rings is 3. The van der Waals surface area contributed by atoms with Gasteiger partial charge in [0.05, 0.1) is 10.6 Å². The first-order valence-electron chi connectivity index (χ1n) is 9.94. The molecule has 0 aliphatic rings. The van der Waals surface area contributed by atoms with Crippen molar-refractivity contribution in [3.05, 3.63) is 94.5 Å². The van der Waals surface area contributed by atoms with Crippen LogP contribution in [0.5, 0.6) is 0 Å². The summed E-state index contributed by atoms with van der Waals surface area (Å²) in [4.78, 5) is 12.8. The van der Waals surface area contributed by atoms with E-state index in [9.17, 15) is 13.2 Å². The van der Waals surface area contributed by atoms with Gasteiger partial charge in [-0.3, -0.25) is 9.10 Å². The van der Waals surface area contributed by atoms with Gasteiger partial charge < -0.3 is 5.32 Å². The monoisotopic (exact) mass is 456 g/mol. The summed E-state index contributed by atoms with van der Waals surface area (Å²) in [7, 11) is -3.97. The first-order chi connectivity index (χ1) is 14.8. The number of carbonyl (C=O) groups is 1. The second-order valence-corrected chi connectivity index (χ2v) is 9.56. The first kappa shape index (κ1) is 22.8. The molecule has 3 aromatic rings. The van der Waals surface area contributed by atoms with Crippen LogP contribution in [0.15, 0.2) is 77.7 Å². The van der Waals surface area contributed by atoms with Gasteiger partial charge in [-0.25, -0.2) is 8.42 Å². The highest BCUT2D eigenvalue weighted by molar-refractivity contribution is 7.92. The number of hydrogen-bond acceptors (Lipinski definition) is 3. The van der Waals surface area contributed by atoms with Crippen LogP contribution in [-0.2, 0) is 21.2 Å². The lowest BCUT2D eigenvalue weighted by Gasteiger charge is -2.26. The van der Waals surface area contributed by atoms with Crippen LogP contribution in [0.3, 0.4) is 0 Å². The molecule has 7 heteroatoms. The lowest BCUT2D eigenvalue weighted by Crippen LogP contribution is -2.41. The zero-order valence-corrected chi connectivity index (χ0v) is 19.1.